The molecule has 2 nitrogen and oxygen atoms in total. The maximum absolute atomic E-state index is 13.4. The quantitative estimate of drug-likeness (QED) is 0.757. The van der Waals surface area contributed by atoms with E-state index < -0.39 is 0 Å². The van der Waals surface area contributed by atoms with E-state index in [1.807, 2.05) is 6.07 Å². The van der Waals surface area contributed by atoms with E-state index >= 15 is 0 Å². The molecular formula is C16H18ClFN2. The smallest absolute Gasteiger partial charge is 0.125 e. The van der Waals surface area contributed by atoms with Gasteiger partial charge in [-0.2, -0.15) is 0 Å². The zero-order valence-corrected chi connectivity index (χ0v) is 12.2. The lowest BCUT2D eigenvalue weighted by molar-refractivity contribution is 0.369. The fraction of sp³-hybridized carbons (Fsp3) is 0.562. The average molecular weight is 293 g/mol. The molecule has 0 unspecified atom stereocenters. The standard InChI is InChI=1S/C16H18ClFN2/c17-8-5-15-19-13-9-12(18)3-4-14(13)20(15)10-16(6-7-16)11-1-2-11/h3-4,9,11H,1-2,5-8,10H2. The fourth-order valence-electron chi connectivity index (χ4n) is 3.47. The molecule has 2 aliphatic rings. The van der Waals surface area contributed by atoms with Crippen LogP contribution in [-0.2, 0) is 13.0 Å². The van der Waals surface area contributed by atoms with Gasteiger partial charge in [-0.05, 0) is 49.1 Å². The second kappa shape index (κ2) is 4.45. The lowest BCUT2D eigenvalue weighted by Gasteiger charge is -2.17. The van der Waals surface area contributed by atoms with Gasteiger partial charge in [-0.1, -0.05) is 0 Å². The molecule has 0 aliphatic heterocycles. The van der Waals surface area contributed by atoms with E-state index in [-0.39, 0.29) is 5.82 Å². The monoisotopic (exact) mass is 292 g/mol. The zero-order valence-electron chi connectivity index (χ0n) is 11.4. The van der Waals surface area contributed by atoms with Crippen molar-refractivity contribution in [3.05, 3.63) is 29.8 Å². The fourth-order valence-corrected chi connectivity index (χ4v) is 3.64. The minimum Gasteiger partial charge on any atom is -0.327 e. The molecule has 1 aromatic carbocycles. The Bertz CT molecular complexity index is 656. The van der Waals surface area contributed by atoms with Crippen LogP contribution in [0.2, 0.25) is 0 Å². The number of imidazole rings is 1. The summed E-state index contributed by atoms with van der Waals surface area (Å²) in [6, 6.07) is 4.92. The Morgan fingerprint density at radius 3 is 2.80 bits per heavy atom. The van der Waals surface area contributed by atoms with Crippen molar-refractivity contribution < 1.29 is 4.39 Å². The first-order valence-corrected chi connectivity index (χ1v) is 7.96. The summed E-state index contributed by atoms with van der Waals surface area (Å²) >= 11 is 5.90. The van der Waals surface area contributed by atoms with Gasteiger partial charge in [0.05, 0.1) is 11.0 Å². The third-order valence-electron chi connectivity index (χ3n) is 4.92. The van der Waals surface area contributed by atoms with E-state index in [0.29, 0.717) is 11.3 Å². The van der Waals surface area contributed by atoms with E-state index in [4.69, 9.17) is 11.6 Å². The molecule has 4 rings (SSSR count). The number of hydrogen-bond donors (Lipinski definition) is 0. The molecule has 2 aliphatic carbocycles. The van der Waals surface area contributed by atoms with Crippen LogP contribution in [-0.4, -0.2) is 15.4 Å². The molecular weight excluding hydrogens is 275 g/mol. The minimum absolute atomic E-state index is 0.220. The van der Waals surface area contributed by atoms with Crippen molar-refractivity contribution in [3.63, 3.8) is 0 Å². The lowest BCUT2D eigenvalue weighted by Crippen LogP contribution is -2.16. The van der Waals surface area contributed by atoms with Gasteiger partial charge < -0.3 is 4.57 Å². The molecule has 0 amide bonds. The molecule has 2 fully saturated rings. The van der Waals surface area contributed by atoms with Crippen molar-refractivity contribution in [2.45, 2.75) is 38.6 Å². The van der Waals surface area contributed by atoms with Crippen LogP contribution in [0.3, 0.4) is 0 Å². The molecule has 1 heterocycles. The van der Waals surface area contributed by atoms with Gasteiger partial charge in [0.1, 0.15) is 11.6 Å². The first-order chi connectivity index (χ1) is 9.72. The molecule has 2 aromatic rings. The summed E-state index contributed by atoms with van der Waals surface area (Å²) in [5, 5.41) is 0. The Morgan fingerprint density at radius 2 is 2.15 bits per heavy atom. The normalized spacial score (nSPS) is 20.5. The van der Waals surface area contributed by atoms with Gasteiger partial charge in [0, 0.05) is 24.9 Å². The summed E-state index contributed by atoms with van der Waals surface area (Å²) in [6.07, 6.45) is 6.18. The third kappa shape index (κ3) is 2.03. The van der Waals surface area contributed by atoms with Crippen molar-refractivity contribution in [2.75, 3.05) is 5.88 Å². The van der Waals surface area contributed by atoms with Crippen LogP contribution >= 0.6 is 11.6 Å². The van der Waals surface area contributed by atoms with Gasteiger partial charge in [0.2, 0.25) is 0 Å². The van der Waals surface area contributed by atoms with Crippen LogP contribution in [0, 0.1) is 17.2 Å². The molecule has 4 heteroatoms. The predicted octanol–water partition coefficient (Wildman–Crippen LogP) is 4.15. The molecule has 0 N–H and O–H groups in total. The highest BCUT2D eigenvalue weighted by Crippen LogP contribution is 2.62. The molecule has 0 atom stereocenters. The maximum atomic E-state index is 13.4. The number of fused-ring (bicyclic) bond motifs is 1. The molecule has 0 saturated heterocycles. The van der Waals surface area contributed by atoms with Crippen LogP contribution in [0.1, 0.15) is 31.5 Å². The second-order valence-corrected chi connectivity index (χ2v) is 6.70. The number of halogens is 2. The highest BCUT2D eigenvalue weighted by atomic mass is 35.5. The molecule has 0 radical (unpaired) electrons. The zero-order chi connectivity index (χ0) is 13.7. The third-order valence-corrected chi connectivity index (χ3v) is 5.11. The van der Waals surface area contributed by atoms with Crippen LogP contribution in [0.4, 0.5) is 4.39 Å². The van der Waals surface area contributed by atoms with Crippen molar-refractivity contribution >= 4 is 22.6 Å². The number of alkyl halides is 1. The van der Waals surface area contributed by atoms with Crippen molar-refractivity contribution in [1.82, 2.24) is 9.55 Å². The summed E-state index contributed by atoms with van der Waals surface area (Å²) in [5.74, 6) is 2.25. The van der Waals surface area contributed by atoms with Crippen LogP contribution in [0.15, 0.2) is 18.2 Å². The van der Waals surface area contributed by atoms with Crippen LogP contribution in [0.5, 0.6) is 0 Å². The van der Waals surface area contributed by atoms with E-state index in [0.717, 1.165) is 35.7 Å². The SMILES string of the molecule is Fc1ccc2c(c1)nc(CCCl)n2CC1(C2CC2)CC1. The summed E-state index contributed by atoms with van der Waals surface area (Å²) < 4.78 is 15.7. The van der Waals surface area contributed by atoms with Crippen molar-refractivity contribution in [1.29, 1.82) is 0 Å². The topological polar surface area (TPSA) is 17.8 Å². The Balaban J connectivity index is 1.76. The first kappa shape index (κ1) is 12.6. The highest BCUT2D eigenvalue weighted by molar-refractivity contribution is 6.17. The van der Waals surface area contributed by atoms with E-state index in [2.05, 4.69) is 9.55 Å². The first-order valence-electron chi connectivity index (χ1n) is 7.42. The Kier molecular flexibility index (Phi) is 2.81. The Labute approximate surface area is 122 Å². The van der Waals surface area contributed by atoms with E-state index in [1.54, 1.807) is 0 Å². The van der Waals surface area contributed by atoms with Crippen molar-refractivity contribution in [3.8, 4) is 0 Å². The second-order valence-electron chi connectivity index (χ2n) is 6.32. The number of benzene rings is 1. The van der Waals surface area contributed by atoms with Gasteiger partial charge in [-0.25, -0.2) is 9.37 Å². The maximum Gasteiger partial charge on any atom is 0.125 e. The summed E-state index contributed by atoms with van der Waals surface area (Å²) in [4.78, 5) is 4.59. The number of nitrogens with zero attached hydrogens (tertiary/aromatic N) is 2. The number of hydrogen-bond acceptors (Lipinski definition) is 1. The molecule has 0 bridgehead atoms. The molecule has 0 spiro atoms. The van der Waals surface area contributed by atoms with Gasteiger partial charge in [-0.3, -0.25) is 0 Å². The van der Waals surface area contributed by atoms with Gasteiger partial charge >= 0.3 is 0 Å². The summed E-state index contributed by atoms with van der Waals surface area (Å²) in [6.45, 7) is 1.03. The molecule has 2 saturated carbocycles. The predicted molar refractivity (Wildman–Crippen MR) is 78.5 cm³/mol. The number of rotatable bonds is 5. The summed E-state index contributed by atoms with van der Waals surface area (Å²) in [5.41, 5.74) is 2.32. The average Bonchev–Trinajstić information content (AvgIpc) is 3.30. The highest BCUT2D eigenvalue weighted by Gasteiger charge is 2.54. The number of aromatic nitrogens is 2. The Hall–Kier alpha value is -1.09. The van der Waals surface area contributed by atoms with Crippen LogP contribution < -0.4 is 0 Å². The van der Waals surface area contributed by atoms with Gasteiger partial charge in [0.25, 0.3) is 0 Å². The Morgan fingerprint density at radius 1 is 1.35 bits per heavy atom. The van der Waals surface area contributed by atoms with Gasteiger partial charge in [-0.15, -0.1) is 11.6 Å². The lowest BCUT2D eigenvalue weighted by atomic mass is 10.0. The minimum atomic E-state index is -0.220. The number of aryl methyl sites for hydroxylation is 1. The molecule has 20 heavy (non-hydrogen) atoms. The largest absolute Gasteiger partial charge is 0.327 e. The van der Waals surface area contributed by atoms with Crippen LogP contribution in [0.25, 0.3) is 11.0 Å². The molecule has 1 aromatic heterocycles. The van der Waals surface area contributed by atoms with Crippen molar-refractivity contribution in [2.24, 2.45) is 11.3 Å². The van der Waals surface area contributed by atoms with E-state index in [9.17, 15) is 4.39 Å². The summed E-state index contributed by atoms with van der Waals surface area (Å²) in [7, 11) is 0. The van der Waals surface area contributed by atoms with E-state index in [1.165, 1.54) is 37.8 Å². The molecule has 106 valence electrons. The van der Waals surface area contributed by atoms with Gasteiger partial charge in [0.15, 0.2) is 0 Å².